The lowest BCUT2D eigenvalue weighted by Crippen LogP contribution is -2.39. The monoisotopic (exact) mass is 330 g/mol. The van der Waals surface area contributed by atoms with Gasteiger partial charge in [-0.05, 0) is 18.2 Å². The van der Waals surface area contributed by atoms with Crippen molar-refractivity contribution in [2.24, 2.45) is 0 Å². The van der Waals surface area contributed by atoms with E-state index in [0.29, 0.717) is 43.0 Å². The number of nitriles is 1. The topological polar surface area (TPSA) is 75.2 Å². The van der Waals surface area contributed by atoms with Crippen LogP contribution >= 0.6 is 0 Å². The van der Waals surface area contributed by atoms with Crippen molar-refractivity contribution < 1.29 is 13.5 Å². The van der Waals surface area contributed by atoms with Crippen LogP contribution in [0, 0.1) is 23.0 Å². The highest BCUT2D eigenvalue weighted by Gasteiger charge is 2.23. The highest BCUT2D eigenvalue weighted by molar-refractivity contribution is 5.64. The molecular formula is C17H16F2N4O. The number of hydrogen-bond acceptors (Lipinski definition) is 5. The third kappa shape index (κ3) is 3.38. The quantitative estimate of drug-likeness (QED) is 0.936. The molecule has 1 aliphatic rings. The van der Waals surface area contributed by atoms with E-state index in [1.165, 1.54) is 18.3 Å². The first-order valence-electron chi connectivity index (χ1n) is 7.59. The number of anilines is 2. The Balaban J connectivity index is 1.62. The van der Waals surface area contributed by atoms with Crippen LogP contribution in [0.5, 0.6) is 5.75 Å². The first-order valence-corrected chi connectivity index (χ1v) is 7.59. The van der Waals surface area contributed by atoms with Crippen molar-refractivity contribution in [2.45, 2.75) is 18.9 Å². The average Bonchev–Trinajstić information content (AvgIpc) is 2.58. The van der Waals surface area contributed by atoms with Gasteiger partial charge in [0, 0.05) is 38.2 Å². The highest BCUT2D eigenvalue weighted by atomic mass is 19.1. The molecule has 5 nitrogen and oxygen atoms in total. The Morgan fingerprint density at radius 1 is 1.25 bits per heavy atom. The van der Waals surface area contributed by atoms with Crippen molar-refractivity contribution in [3.05, 3.63) is 47.7 Å². The van der Waals surface area contributed by atoms with Gasteiger partial charge >= 0.3 is 0 Å². The van der Waals surface area contributed by atoms with E-state index in [2.05, 4.69) is 4.98 Å². The Bertz CT molecular complexity index is 783. The Morgan fingerprint density at radius 2 is 2.00 bits per heavy atom. The molecule has 2 N–H and O–H groups in total. The fraction of sp³-hybridized carbons (Fsp3) is 0.294. The fourth-order valence-electron chi connectivity index (χ4n) is 2.74. The maximum atomic E-state index is 13.6. The van der Waals surface area contributed by atoms with Gasteiger partial charge in [0.2, 0.25) is 0 Å². The second kappa shape index (κ2) is 6.71. The molecule has 0 atom stereocenters. The number of nitrogens with two attached hydrogens (primary N) is 1. The molecule has 1 fully saturated rings. The molecule has 1 aliphatic heterocycles. The van der Waals surface area contributed by atoms with Crippen LogP contribution in [0.25, 0.3) is 0 Å². The number of nitrogens with zero attached hydrogens (tertiary/aromatic N) is 3. The predicted octanol–water partition coefficient (Wildman–Crippen LogP) is 2.86. The molecule has 1 saturated heterocycles. The molecule has 0 amide bonds. The molecule has 1 aromatic heterocycles. The molecule has 1 aromatic carbocycles. The largest absolute Gasteiger partial charge is 0.487 e. The number of aromatic nitrogens is 1. The second-order valence-corrected chi connectivity index (χ2v) is 5.63. The summed E-state index contributed by atoms with van der Waals surface area (Å²) in [6.07, 6.45) is 2.67. The number of rotatable bonds is 3. The second-order valence-electron chi connectivity index (χ2n) is 5.63. The zero-order valence-corrected chi connectivity index (χ0v) is 12.9. The standard InChI is InChI=1S/C17H16F2N4O/c18-12-1-2-16(14(19)8-12)24-13-3-5-23(6-4-13)17-15(21)7-11(9-20)10-22-17/h1-2,7-8,10,13H,3-6,21H2. The summed E-state index contributed by atoms with van der Waals surface area (Å²) < 4.78 is 32.2. The number of halogens is 2. The van der Waals surface area contributed by atoms with Crippen molar-refractivity contribution in [1.82, 2.24) is 4.98 Å². The Morgan fingerprint density at radius 3 is 2.62 bits per heavy atom. The lowest BCUT2D eigenvalue weighted by molar-refractivity contribution is 0.163. The smallest absolute Gasteiger partial charge is 0.167 e. The molecule has 0 radical (unpaired) electrons. The van der Waals surface area contributed by atoms with Crippen LogP contribution in [-0.4, -0.2) is 24.2 Å². The minimum atomic E-state index is -0.699. The van der Waals surface area contributed by atoms with E-state index in [0.717, 1.165) is 6.07 Å². The molecule has 2 heterocycles. The summed E-state index contributed by atoms with van der Waals surface area (Å²) in [6, 6.07) is 6.88. The van der Waals surface area contributed by atoms with Crippen molar-refractivity contribution in [3.63, 3.8) is 0 Å². The number of benzene rings is 1. The number of pyridine rings is 1. The van der Waals surface area contributed by atoms with E-state index in [1.54, 1.807) is 6.07 Å². The molecule has 0 saturated carbocycles. The molecule has 0 aliphatic carbocycles. The van der Waals surface area contributed by atoms with E-state index in [4.69, 9.17) is 15.7 Å². The Labute approximate surface area is 138 Å². The molecule has 0 unspecified atom stereocenters. The minimum Gasteiger partial charge on any atom is -0.487 e. The average molecular weight is 330 g/mol. The van der Waals surface area contributed by atoms with Gasteiger partial charge < -0.3 is 15.4 Å². The third-order valence-corrected chi connectivity index (χ3v) is 3.95. The van der Waals surface area contributed by atoms with E-state index >= 15 is 0 Å². The molecule has 124 valence electrons. The van der Waals surface area contributed by atoms with Gasteiger partial charge in [-0.3, -0.25) is 0 Å². The van der Waals surface area contributed by atoms with E-state index < -0.39 is 11.6 Å². The van der Waals surface area contributed by atoms with Crippen LogP contribution in [0.15, 0.2) is 30.5 Å². The molecule has 3 rings (SSSR count). The molecule has 2 aromatic rings. The Kier molecular flexibility index (Phi) is 4.47. The maximum Gasteiger partial charge on any atom is 0.167 e. The molecule has 24 heavy (non-hydrogen) atoms. The van der Waals surface area contributed by atoms with Crippen LogP contribution < -0.4 is 15.4 Å². The van der Waals surface area contributed by atoms with Gasteiger partial charge in [0.25, 0.3) is 0 Å². The zero-order chi connectivity index (χ0) is 17.1. The summed E-state index contributed by atoms with van der Waals surface area (Å²) in [7, 11) is 0. The fourth-order valence-corrected chi connectivity index (χ4v) is 2.74. The van der Waals surface area contributed by atoms with Gasteiger partial charge in [0.15, 0.2) is 17.4 Å². The van der Waals surface area contributed by atoms with Crippen LogP contribution in [0.4, 0.5) is 20.3 Å². The molecule has 0 spiro atoms. The first kappa shape index (κ1) is 16.0. The van der Waals surface area contributed by atoms with Gasteiger partial charge in [-0.1, -0.05) is 0 Å². The maximum absolute atomic E-state index is 13.6. The van der Waals surface area contributed by atoms with Crippen LogP contribution in [0.3, 0.4) is 0 Å². The summed E-state index contributed by atoms with van der Waals surface area (Å²) in [5.74, 6) is -0.626. The number of piperidine rings is 1. The predicted molar refractivity (Wildman–Crippen MR) is 85.6 cm³/mol. The number of ether oxygens (including phenoxy) is 1. The van der Waals surface area contributed by atoms with Gasteiger partial charge in [0.1, 0.15) is 18.0 Å². The molecule has 7 heteroatoms. The van der Waals surface area contributed by atoms with Crippen molar-refractivity contribution in [1.29, 1.82) is 5.26 Å². The van der Waals surface area contributed by atoms with E-state index in [-0.39, 0.29) is 11.9 Å². The van der Waals surface area contributed by atoms with Crippen molar-refractivity contribution in [2.75, 3.05) is 23.7 Å². The summed E-state index contributed by atoms with van der Waals surface area (Å²) in [5.41, 5.74) is 6.82. The third-order valence-electron chi connectivity index (χ3n) is 3.95. The van der Waals surface area contributed by atoms with Gasteiger partial charge in [-0.15, -0.1) is 0 Å². The van der Waals surface area contributed by atoms with Crippen molar-refractivity contribution >= 4 is 11.5 Å². The summed E-state index contributed by atoms with van der Waals surface area (Å²) in [5, 5.41) is 8.85. The van der Waals surface area contributed by atoms with Gasteiger partial charge in [0.05, 0.1) is 11.3 Å². The first-order chi connectivity index (χ1) is 11.6. The van der Waals surface area contributed by atoms with Crippen LogP contribution in [-0.2, 0) is 0 Å². The van der Waals surface area contributed by atoms with Gasteiger partial charge in [-0.2, -0.15) is 5.26 Å². The van der Waals surface area contributed by atoms with Crippen LogP contribution in [0.2, 0.25) is 0 Å². The molecule has 0 bridgehead atoms. The summed E-state index contributed by atoms with van der Waals surface area (Å²) in [6.45, 7) is 1.30. The zero-order valence-electron chi connectivity index (χ0n) is 12.9. The van der Waals surface area contributed by atoms with Crippen LogP contribution in [0.1, 0.15) is 18.4 Å². The number of hydrogen-bond donors (Lipinski definition) is 1. The molecular weight excluding hydrogens is 314 g/mol. The van der Waals surface area contributed by atoms with E-state index in [1.807, 2.05) is 11.0 Å². The van der Waals surface area contributed by atoms with Crippen molar-refractivity contribution in [3.8, 4) is 11.8 Å². The van der Waals surface area contributed by atoms with Gasteiger partial charge in [-0.25, -0.2) is 13.8 Å². The summed E-state index contributed by atoms with van der Waals surface area (Å²) >= 11 is 0. The summed E-state index contributed by atoms with van der Waals surface area (Å²) in [4.78, 5) is 6.25. The number of nitrogen functional groups attached to an aromatic ring is 1. The minimum absolute atomic E-state index is 0.0610. The van der Waals surface area contributed by atoms with E-state index in [9.17, 15) is 8.78 Å². The lowest BCUT2D eigenvalue weighted by atomic mass is 10.1. The Hall–Kier alpha value is -2.88. The highest BCUT2D eigenvalue weighted by Crippen LogP contribution is 2.27. The normalized spacial score (nSPS) is 15.1. The lowest BCUT2D eigenvalue weighted by Gasteiger charge is -2.33. The SMILES string of the molecule is N#Cc1cnc(N2CCC(Oc3ccc(F)cc3F)CC2)c(N)c1.